The van der Waals surface area contributed by atoms with Gasteiger partial charge in [0.25, 0.3) is 5.91 Å². The van der Waals surface area contributed by atoms with Gasteiger partial charge in [0.15, 0.2) is 6.61 Å². The third-order valence-electron chi connectivity index (χ3n) is 3.72. The van der Waals surface area contributed by atoms with Crippen LogP contribution in [0.15, 0.2) is 53.4 Å². The van der Waals surface area contributed by atoms with E-state index in [4.69, 9.17) is 4.74 Å². The highest BCUT2D eigenvalue weighted by molar-refractivity contribution is 8.00. The number of thioether (sulfide) groups is 1. The average molecular weight is 357 g/mol. The van der Waals surface area contributed by atoms with E-state index in [0.717, 1.165) is 16.0 Å². The Morgan fingerprint density at radius 1 is 1.12 bits per heavy atom. The van der Waals surface area contributed by atoms with Gasteiger partial charge in [-0.2, -0.15) is 0 Å². The molecule has 1 N–H and O–H groups in total. The molecular weight excluding hydrogens is 334 g/mol. The minimum Gasteiger partial charge on any atom is -0.455 e. The molecule has 0 aliphatic carbocycles. The van der Waals surface area contributed by atoms with E-state index in [0.29, 0.717) is 0 Å². The molecule has 0 fully saturated rings. The van der Waals surface area contributed by atoms with Gasteiger partial charge in [-0.25, -0.2) is 0 Å². The van der Waals surface area contributed by atoms with Crippen molar-refractivity contribution in [3.63, 3.8) is 0 Å². The van der Waals surface area contributed by atoms with Gasteiger partial charge in [-0.05, 0) is 38.0 Å². The Labute approximate surface area is 153 Å². The van der Waals surface area contributed by atoms with Gasteiger partial charge in [-0.15, -0.1) is 11.8 Å². The minimum atomic E-state index is -0.396. The van der Waals surface area contributed by atoms with E-state index in [1.165, 1.54) is 17.3 Å². The van der Waals surface area contributed by atoms with Crippen LogP contribution in [0.2, 0.25) is 0 Å². The van der Waals surface area contributed by atoms with Crippen LogP contribution in [0.1, 0.15) is 29.7 Å². The molecule has 0 unspecified atom stereocenters. The van der Waals surface area contributed by atoms with Gasteiger partial charge in [-0.1, -0.05) is 48.0 Å². The third-order valence-corrected chi connectivity index (χ3v) is 4.87. The second-order valence-corrected chi connectivity index (χ2v) is 6.94. The SMILES string of the molecule is Cc1ccc(SCC(=O)OCC(=O)N[C@@H](C)c2ccccc2)c(C)c1. The minimum absolute atomic E-state index is 0.128. The number of esters is 1. The van der Waals surface area contributed by atoms with Gasteiger partial charge in [0.2, 0.25) is 0 Å². The van der Waals surface area contributed by atoms with Gasteiger partial charge in [0, 0.05) is 4.90 Å². The second-order valence-electron chi connectivity index (χ2n) is 5.92. The molecule has 5 heteroatoms. The predicted octanol–water partition coefficient (Wildman–Crippen LogP) is 3.82. The first-order valence-electron chi connectivity index (χ1n) is 8.15. The quantitative estimate of drug-likeness (QED) is 0.605. The van der Waals surface area contributed by atoms with E-state index >= 15 is 0 Å². The van der Waals surface area contributed by atoms with Crippen LogP contribution >= 0.6 is 11.8 Å². The summed E-state index contributed by atoms with van der Waals surface area (Å²) in [5.74, 6) is -0.514. The Morgan fingerprint density at radius 3 is 2.52 bits per heavy atom. The van der Waals surface area contributed by atoms with Gasteiger partial charge < -0.3 is 10.1 Å². The number of amides is 1. The van der Waals surface area contributed by atoms with Crippen LogP contribution in [-0.2, 0) is 14.3 Å². The highest BCUT2D eigenvalue weighted by atomic mass is 32.2. The fourth-order valence-electron chi connectivity index (χ4n) is 2.39. The Balaban J connectivity index is 1.73. The maximum atomic E-state index is 11.9. The number of hydrogen-bond acceptors (Lipinski definition) is 4. The highest BCUT2D eigenvalue weighted by Crippen LogP contribution is 2.23. The molecule has 0 aliphatic rings. The van der Waals surface area contributed by atoms with Crippen molar-refractivity contribution in [2.45, 2.75) is 31.7 Å². The molecule has 4 nitrogen and oxygen atoms in total. The first-order chi connectivity index (χ1) is 12.0. The molecular formula is C20H23NO3S. The summed E-state index contributed by atoms with van der Waals surface area (Å²) in [5.41, 5.74) is 3.33. The number of nitrogens with one attached hydrogen (secondary N) is 1. The molecule has 0 aliphatic heterocycles. The molecule has 2 rings (SSSR count). The number of benzene rings is 2. The highest BCUT2D eigenvalue weighted by Gasteiger charge is 2.12. The van der Waals surface area contributed by atoms with Crippen LogP contribution in [0.4, 0.5) is 0 Å². The maximum absolute atomic E-state index is 11.9. The summed E-state index contributed by atoms with van der Waals surface area (Å²) in [7, 11) is 0. The zero-order valence-corrected chi connectivity index (χ0v) is 15.6. The van der Waals surface area contributed by atoms with Gasteiger partial charge >= 0.3 is 5.97 Å². The zero-order chi connectivity index (χ0) is 18.2. The van der Waals surface area contributed by atoms with Crippen molar-refractivity contribution in [2.24, 2.45) is 0 Å². The molecule has 132 valence electrons. The molecule has 2 aromatic carbocycles. The normalized spacial score (nSPS) is 11.6. The molecule has 0 aromatic heterocycles. The van der Waals surface area contributed by atoms with Gasteiger partial charge in [0.1, 0.15) is 0 Å². The zero-order valence-electron chi connectivity index (χ0n) is 14.7. The van der Waals surface area contributed by atoms with Gasteiger partial charge in [0.05, 0.1) is 11.8 Å². The predicted molar refractivity (Wildman–Crippen MR) is 101 cm³/mol. The van der Waals surface area contributed by atoms with Crippen LogP contribution in [0.25, 0.3) is 0 Å². The summed E-state index contributed by atoms with van der Waals surface area (Å²) >= 11 is 1.42. The van der Waals surface area contributed by atoms with Crippen LogP contribution in [0, 0.1) is 13.8 Å². The molecule has 0 saturated carbocycles. The summed E-state index contributed by atoms with van der Waals surface area (Å²) in [6.45, 7) is 5.68. The van der Waals surface area contributed by atoms with Crippen LogP contribution in [0.3, 0.4) is 0 Å². The topological polar surface area (TPSA) is 55.4 Å². The van der Waals surface area contributed by atoms with Crippen molar-refractivity contribution in [3.8, 4) is 0 Å². The van der Waals surface area contributed by atoms with Crippen molar-refractivity contribution < 1.29 is 14.3 Å². The summed E-state index contributed by atoms with van der Waals surface area (Å²) in [4.78, 5) is 24.8. The number of aryl methyl sites for hydroxylation is 2. The summed E-state index contributed by atoms with van der Waals surface area (Å²) in [6.07, 6.45) is 0. The van der Waals surface area contributed by atoms with E-state index in [1.54, 1.807) is 0 Å². The Hall–Kier alpha value is -2.27. The molecule has 2 aromatic rings. The fourth-order valence-corrected chi connectivity index (χ4v) is 3.20. The van der Waals surface area contributed by atoms with Crippen molar-refractivity contribution in [2.75, 3.05) is 12.4 Å². The summed E-state index contributed by atoms with van der Waals surface area (Å²) in [6, 6.07) is 15.6. The Kier molecular flexibility index (Phi) is 7.07. The van der Waals surface area contributed by atoms with Crippen molar-refractivity contribution in [1.82, 2.24) is 5.32 Å². The van der Waals surface area contributed by atoms with Crippen molar-refractivity contribution in [3.05, 3.63) is 65.2 Å². The fraction of sp³-hybridized carbons (Fsp3) is 0.300. The smallest absolute Gasteiger partial charge is 0.316 e. The van der Waals surface area contributed by atoms with Crippen molar-refractivity contribution in [1.29, 1.82) is 0 Å². The van der Waals surface area contributed by atoms with Crippen LogP contribution < -0.4 is 5.32 Å². The lowest BCUT2D eigenvalue weighted by Gasteiger charge is -2.14. The average Bonchev–Trinajstić information content (AvgIpc) is 2.60. The third kappa shape index (κ3) is 6.27. The number of ether oxygens (including phenoxy) is 1. The van der Waals surface area contributed by atoms with Crippen LogP contribution in [-0.4, -0.2) is 24.2 Å². The number of carbonyl (C=O) groups excluding carboxylic acids is 2. The molecule has 1 amide bonds. The van der Waals surface area contributed by atoms with E-state index < -0.39 is 5.97 Å². The molecule has 0 spiro atoms. The first-order valence-corrected chi connectivity index (χ1v) is 9.14. The second kappa shape index (κ2) is 9.28. The molecule has 25 heavy (non-hydrogen) atoms. The standard InChI is InChI=1S/C20H23NO3S/c1-14-9-10-18(15(2)11-14)25-13-20(23)24-12-19(22)21-16(3)17-7-5-4-6-8-17/h4-11,16H,12-13H2,1-3H3,(H,21,22)/t16-/m0/s1. The van der Waals surface area contributed by atoms with E-state index in [2.05, 4.69) is 11.4 Å². The number of carbonyl (C=O) groups is 2. The molecule has 0 radical (unpaired) electrons. The van der Waals surface area contributed by atoms with E-state index in [1.807, 2.05) is 63.2 Å². The lowest BCUT2D eigenvalue weighted by Crippen LogP contribution is -2.31. The van der Waals surface area contributed by atoms with Gasteiger partial charge in [-0.3, -0.25) is 9.59 Å². The lowest BCUT2D eigenvalue weighted by atomic mass is 10.1. The maximum Gasteiger partial charge on any atom is 0.316 e. The Morgan fingerprint density at radius 2 is 1.84 bits per heavy atom. The monoisotopic (exact) mass is 357 g/mol. The first kappa shape index (κ1) is 19.1. The Bertz CT molecular complexity index is 731. The van der Waals surface area contributed by atoms with Crippen LogP contribution in [0.5, 0.6) is 0 Å². The molecule has 0 bridgehead atoms. The number of hydrogen-bond donors (Lipinski definition) is 1. The van der Waals surface area contributed by atoms with E-state index in [-0.39, 0.29) is 24.3 Å². The van der Waals surface area contributed by atoms with E-state index in [9.17, 15) is 9.59 Å². The molecule has 0 saturated heterocycles. The van der Waals surface area contributed by atoms with Crippen molar-refractivity contribution >= 4 is 23.6 Å². The number of rotatable bonds is 7. The summed E-state index contributed by atoms with van der Waals surface area (Å²) in [5, 5.41) is 2.82. The lowest BCUT2D eigenvalue weighted by molar-refractivity contribution is -0.146. The summed E-state index contributed by atoms with van der Waals surface area (Å²) < 4.78 is 5.05. The largest absolute Gasteiger partial charge is 0.455 e. The molecule has 0 heterocycles. The molecule has 1 atom stereocenters.